The molecular weight excluding hydrogens is 705 g/mol. The van der Waals surface area contributed by atoms with Crippen LogP contribution in [-0.2, 0) is 34.1 Å². The first-order chi connectivity index (χ1) is 24.7. The van der Waals surface area contributed by atoms with Crippen LogP contribution in [0.4, 0.5) is 52.7 Å². The summed E-state index contributed by atoms with van der Waals surface area (Å²) in [5, 5.41) is 7.87. The molecule has 0 aliphatic carbocycles. The van der Waals surface area contributed by atoms with E-state index in [4.69, 9.17) is 0 Å². The van der Waals surface area contributed by atoms with Crippen LogP contribution >= 0.6 is 0 Å². The van der Waals surface area contributed by atoms with E-state index in [9.17, 15) is 31.2 Å². The molecule has 0 spiro atoms. The van der Waals surface area contributed by atoms with E-state index in [1.807, 2.05) is 18.2 Å². The van der Waals surface area contributed by atoms with Crippen molar-refractivity contribution in [2.24, 2.45) is 0 Å². The third-order valence-corrected chi connectivity index (χ3v) is 9.64. The fraction of sp³-hybridized carbons (Fsp3) is 0.344. The molecule has 3 aromatic heterocycles. The van der Waals surface area contributed by atoms with E-state index in [1.165, 1.54) is 24.3 Å². The quantitative estimate of drug-likeness (QED) is 0.204. The Balaban J connectivity index is 1.05. The van der Waals surface area contributed by atoms with E-state index in [2.05, 4.69) is 50.7 Å². The Kier molecular flexibility index (Phi) is 10.4. The molecule has 274 valence electrons. The second-order valence-corrected chi connectivity index (χ2v) is 14.1. The molecule has 0 atom stereocenters. The second-order valence-electron chi connectivity index (χ2n) is 12.1. The van der Waals surface area contributed by atoms with Gasteiger partial charge in [-0.15, -0.1) is 0 Å². The number of benzene rings is 1. The van der Waals surface area contributed by atoms with Gasteiger partial charge in [-0.2, -0.15) is 18.2 Å². The molecule has 6 rings (SSSR count). The lowest BCUT2D eigenvalue weighted by atomic mass is 10.2. The Bertz CT molecular complexity index is 2030. The molecule has 52 heavy (non-hydrogen) atoms. The van der Waals surface area contributed by atoms with E-state index in [1.54, 1.807) is 24.4 Å². The zero-order valence-corrected chi connectivity index (χ0v) is 28.9. The van der Waals surface area contributed by atoms with E-state index in [0.29, 0.717) is 30.8 Å². The van der Waals surface area contributed by atoms with Crippen molar-refractivity contribution in [2.75, 3.05) is 70.8 Å². The molecule has 20 heteroatoms. The molecule has 16 nitrogen and oxygen atoms in total. The fourth-order valence-electron chi connectivity index (χ4n) is 5.62. The normalized spacial score (nSPS) is 15.7. The number of urea groups is 1. The molecule has 0 radical (unpaired) electrons. The number of amides is 3. The van der Waals surface area contributed by atoms with Crippen LogP contribution in [0.2, 0.25) is 0 Å². The molecule has 3 amide bonds. The lowest BCUT2D eigenvalue weighted by Crippen LogP contribution is -2.49. The number of rotatable bonds is 11. The number of pyridine rings is 1. The SMILES string of the molecule is CN(c1nccnc1CNc1nc(Nc2ccc(N3CCN(Cc4ccc(N5CCC(=O)NC5=O)nc4)CC3)cc2)ncc1C(F)(F)F)S(C)(=O)=O. The Morgan fingerprint density at radius 3 is 2.31 bits per heavy atom. The predicted octanol–water partition coefficient (Wildman–Crippen LogP) is 3.20. The molecule has 3 N–H and O–H groups in total. The molecule has 0 bridgehead atoms. The largest absolute Gasteiger partial charge is 0.421 e. The van der Waals surface area contributed by atoms with Crippen molar-refractivity contribution in [1.29, 1.82) is 0 Å². The first-order valence-electron chi connectivity index (χ1n) is 16.1. The first kappa shape index (κ1) is 36.2. The summed E-state index contributed by atoms with van der Waals surface area (Å²) in [5.41, 5.74) is 1.54. The zero-order valence-electron chi connectivity index (χ0n) is 28.1. The smallest absolute Gasteiger partial charge is 0.369 e. The number of sulfonamides is 1. The van der Waals surface area contributed by atoms with Crippen LogP contribution < -0.4 is 30.1 Å². The minimum Gasteiger partial charge on any atom is -0.369 e. The van der Waals surface area contributed by atoms with Crippen LogP contribution in [0.5, 0.6) is 0 Å². The van der Waals surface area contributed by atoms with Crippen LogP contribution in [0.1, 0.15) is 23.2 Å². The Labute approximate surface area is 297 Å². The lowest BCUT2D eigenvalue weighted by molar-refractivity contribution is -0.137. The molecule has 5 heterocycles. The van der Waals surface area contributed by atoms with Gasteiger partial charge >= 0.3 is 12.2 Å². The van der Waals surface area contributed by atoms with Gasteiger partial charge in [0.15, 0.2) is 5.82 Å². The predicted molar refractivity (Wildman–Crippen MR) is 187 cm³/mol. The monoisotopic (exact) mass is 740 g/mol. The van der Waals surface area contributed by atoms with Gasteiger partial charge in [0, 0.05) is 88.9 Å². The molecule has 1 aromatic carbocycles. The summed E-state index contributed by atoms with van der Waals surface area (Å²) in [6, 6.07) is 10.6. The van der Waals surface area contributed by atoms with Crippen molar-refractivity contribution in [3.05, 3.63) is 78.0 Å². The molecule has 2 fully saturated rings. The number of hydrogen-bond donors (Lipinski definition) is 3. The van der Waals surface area contributed by atoms with Gasteiger partial charge < -0.3 is 15.5 Å². The number of piperazine rings is 1. The fourth-order valence-corrected chi connectivity index (χ4v) is 6.08. The summed E-state index contributed by atoms with van der Waals surface area (Å²) in [4.78, 5) is 50.0. The number of carbonyl (C=O) groups excluding carboxylic acids is 2. The number of hydrogen-bond acceptors (Lipinski definition) is 13. The zero-order chi connectivity index (χ0) is 37.0. The highest BCUT2D eigenvalue weighted by molar-refractivity contribution is 7.92. The van der Waals surface area contributed by atoms with Crippen LogP contribution in [0.25, 0.3) is 0 Å². The lowest BCUT2D eigenvalue weighted by Gasteiger charge is -2.36. The number of carbonyl (C=O) groups is 2. The van der Waals surface area contributed by atoms with Crippen molar-refractivity contribution in [1.82, 2.24) is 35.1 Å². The summed E-state index contributed by atoms with van der Waals surface area (Å²) < 4.78 is 66.6. The molecule has 2 aliphatic heterocycles. The number of halogens is 3. The average molecular weight is 741 g/mol. The van der Waals surface area contributed by atoms with Gasteiger partial charge in [0.25, 0.3) is 0 Å². The Hall–Kier alpha value is -5.63. The third-order valence-electron chi connectivity index (χ3n) is 8.47. The minimum atomic E-state index is -4.77. The molecule has 0 unspecified atom stereocenters. The van der Waals surface area contributed by atoms with Gasteiger partial charge in [-0.3, -0.25) is 29.2 Å². The third kappa shape index (κ3) is 8.62. The Morgan fingerprint density at radius 2 is 1.65 bits per heavy atom. The van der Waals surface area contributed by atoms with E-state index in [-0.39, 0.29) is 36.3 Å². The van der Waals surface area contributed by atoms with Gasteiger partial charge in [-0.1, -0.05) is 6.07 Å². The maximum absolute atomic E-state index is 13.9. The molecule has 0 saturated carbocycles. The molecule has 2 aliphatic rings. The molecular formula is C32H35F3N12O4S. The van der Waals surface area contributed by atoms with Gasteiger partial charge in [-0.05, 0) is 35.9 Å². The van der Waals surface area contributed by atoms with Crippen molar-refractivity contribution in [2.45, 2.75) is 25.7 Å². The number of alkyl halides is 3. The van der Waals surface area contributed by atoms with Gasteiger partial charge in [0.1, 0.15) is 22.9 Å². The van der Waals surface area contributed by atoms with Gasteiger partial charge in [-0.25, -0.2) is 28.2 Å². The van der Waals surface area contributed by atoms with Gasteiger partial charge in [0.05, 0.1) is 12.8 Å². The summed E-state index contributed by atoms with van der Waals surface area (Å²) in [6.45, 7) is 3.82. The van der Waals surface area contributed by atoms with E-state index in [0.717, 1.165) is 48.0 Å². The highest BCUT2D eigenvalue weighted by Crippen LogP contribution is 2.35. The van der Waals surface area contributed by atoms with Crippen molar-refractivity contribution in [3.63, 3.8) is 0 Å². The first-order valence-corrected chi connectivity index (χ1v) is 17.9. The highest BCUT2D eigenvalue weighted by Gasteiger charge is 2.35. The second kappa shape index (κ2) is 14.9. The van der Waals surface area contributed by atoms with E-state index < -0.39 is 33.6 Å². The maximum atomic E-state index is 13.9. The number of imide groups is 1. The molecule has 4 aromatic rings. The summed E-state index contributed by atoms with van der Waals surface area (Å²) in [5.74, 6) is -0.435. The maximum Gasteiger partial charge on any atom is 0.421 e. The van der Waals surface area contributed by atoms with Crippen LogP contribution in [0, 0.1) is 0 Å². The van der Waals surface area contributed by atoms with Crippen LogP contribution in [-0.4, -0.2) is 96.2 Å². The number of nitrogens with one attached hydrogen (secondary N) is 3. The topological polar surface area (TPSA) is 182 Å². The van der Waals surface area contributed by atoms with Gasteiger partial charge in [0.2, 0.25) is 21.9 Å². The Morgan fingerprint density at radius 1 is 0.923 bits per heavy atom. The van der Waals surface area contributed by atoms with E-state index >= 15 is 0 Å². The van der Waals surface area contributed by atoms with Crippen molar-refractivity contribution < 1.29 is 31.2 Å². The van der Waals surface area contributed by atoms with Crippen molar-refractivity contribution >= 4 is 56.7 Å². The summed E-state index contributed by atoms with van der Waals surface area (Å²) >= 11 is 0. The number of nitrogens with zero attached hydrogens (tertiary/aromatic N) is 9. The molecule has 2 saturated heterocycles. The summed E-state index contributed by atoms with van der Waals surface area (Å²) in [7, 11) is -2.43. The average Bonchev–Trinajstić information content (AvgIpc) is 3.11. The highest BCUT2D eigenvalue weighted by atomic mass is 32.2. The summed E-state index contributed by atoms with van der Waals surface area (Å²) in [6.07, 6.45) is 1.45. The van der Waals surface area contributed by atoms with Crippen LogP contribution in [0.15, 0.2) is 61.2 Å². The standard InChI is InChI=1S/C32H35F3N12O4S/c1-44(52(2,50)51)29-25(36-10-11-37-29)19-39-28-24(32(33,34)35)18-40-30(43-28)41-22-4-6-23(7-5-22)46-15-13-45(14-16-46)20-21-3-8-26(38-17-21)47-12-9-27(48)42-31(47)49/h3-8,10-11,17-18H,9,12-16,19-20H2,1-2H3,(H,42,48,49)(H2,39,40,41,43). The number of aromatic nitrogens is 5. The van der Waals surface area contributed by atoms with Crippen molar-refractivity contribution in [3.8, 4) is 0 Å². The van der Waals surface area contributed by atoms with Crippen LogP contribution in [0.3, 0.4) is 0 Å². The number of anilines is 6. The minimum absolute atomic E-state index is 0.0332.